The summed E-state index contributed by atoms with van der Waals surface area (Å²) in [5.74, 6) is -0.627. The summed E-state index contributed by atoms with van der Waals surface area (Å²) in [6.07, 6.45) is 0.861. The van der Waals surface area contributed by atoms with E-state index < -0.39 is 9.70 Å². The van der Waals surface area contributed by atoms with Crippen LogP contribution in [-0.4, -0.2) is 29.3 Å². The number of anilines is 1. The highest BCUT2D eigenvalue weighted by molar-refractivity contribution is 6.76. The van der Waals surface area contributed by atoms with Crippen molar-refractivity contribution in [2.75, 3.05) is 25.0 Å². The van der Waals surface area contributed by atoms with E-state index in [1.807, 2.05) is 24.3 Å². The summed E-state index contributed by atoms with van der Waals surface area (Å²) in [6, 6.07) is 7.94. The summed E-state index contributed by atoms with van der Waals surface area (Å²) in [5.41, 5.74) is 7.63. The Morgan fingerprint density at radius 1 is 1.16 bits per heavy atom. The molecule has 1 aromatic carbocycles. The van der Waals surface area contributed by atoms with E-state index in [0.717, 1.165) is 12.1 Å². The highest BCUT2D eigenvalue weighted by Crippen LogP contribution is 2.25. The number of carbonyl (C=O) groups excluding carboxylic acids is 1. The molecule has 19 heavy (non-hydrogen) atoms. The van der Waals surface area contributed by atoms with Crippen molar-refractivity contribution >= 4 is 46.4 Å². The molecular weight excluding hydrogens is 309 g/mol. The molecule has 1 amide bonds. The smallest absolute Gasteiger partial charge is 0.272 e. The van der Waals surface area contributed by atoms with Crippen LogP contribution >= 0.6 is 34.8 Å². The fraction of sp³-hybridized carbons (Fsp3) is 0.417. The summed E-state index contributed by atoms with van der Waals surface area (Å²) >= 11 is 16.2. The van der Waals surface area contributed by atoms with Crippen LogP contribution in [0.3, 0.4) is 0 Å². The van der Waals surface area contributed by atoms with Crippen molar-refractivity contribution in [1.29, 1.82) is 0 Å². The molecule has 106 valence electrons. The van der Waals surface area contributed by atoms with Crippen molar-refractivity contribution in [2.45, 2.75) is 10.2 Å². The first kappa shape index (κ1) is 16.4. The summed E-state index contributed by atoms with van der Waals surface area (Å²) in [4.78, 5) is 11.2. The number of rotatable bonds is 6. The minimum Gasteiger partial charge on any atom is -0.383 e. The number of halogens is 3. The zero-order valence-corrected chi connectivity index (χ0v) is 12.5. The first-order chi connectivity index (χ1) is 8.93. The molecule has 1 aromatic rings. The van der Waals surface area contributed by atoms with Gasteiger partial charge in [0.1, 0.15) is 0 Å². The van der Waals surface area contributed by atoms with Gasteiger partial charge in [-0.05, 0) is 30.7 Å². The Balaban J connectivity index is 2.28. The molecule has 0 fully saturated rings. The van der Waals surface area contributed by atoms with E-state index in [9.17, 15) is 4.79 Å². The number of benzene rings is 1. The van der Waals surface area contributed by atoms with Crippen LogP contribution in [0.25, 0.3) is 0 Å². The van der Waals surface area contributed by atoms with Gasteiger partial charge in [0.25, 0.3) is 9.70 Å². The topological polar surface area (TPSA) is 67.2 Å². The minimum absolute atomic E-state index is 0.372. The lowest BCUT2D eigenvalue weighted by Gasteiger charge is -2.12. The van der Waals surface area contributed by atoms with Crippen LogP contribution in [0.2, 0.25) is 0 Å². The fourth-order valence-corrected chi connectivity index (χ4v) is 1.64. The van der Waals surface area contributed by atoms with Crippen molar-refractivity contribution in [3.05, 3.63) is 29.8 Å². The Morgan fingerprint density at radius 2 is 1.79 bits per heavy atom. The molecule has 0 saturated carbocycles. The molecule has 0 spiro atoms. The fourth-order valence-electron chi connectivity index (χ4n) is 1.44. The van der Waals surface area contributed by atoms with Crippen LogP contribution < -0.4 is 16.4 Å². The minimum atomic E-state index is -1.91. The van der Waals surface area contributed by atoms with Gasteiger partial charge in [-0.3, -0.25) is 4.79 Å². The molecule has 0 aliphatic carbocycles. The molecule has 0 bridgehead atoms. The predicted octanol–water partition coefficient (Wildman–Crippen LogP) is 2.09. The number of nitrogens with two attached hydrogens (primary N) is 1. The Kier molecular flexibility index (Phi) is 6.72. The third-order valence-corrected chi connectivity index (χ3v) is 2.90. The molecule has 0 saturated heterocycles. The monoisotopic (exact) mass is 323 g/mol. The van der Waals surface area contributed by atoms with Gasteiger partial charge < -0.3 is 16.4 Å². The molecule has 4 nitrogen and oxygen atoms in total. The van der Waals surface area contributed by atoms with Crippen LogP contribution in [0.5, 0.6) is 0 Å². The van der Waals surface area contributed by atoms with Crippen molar-refractivity contribution in [3.8, 4) is 0 Å². The Labute approximate surface area is 127 Å². The van der Waals surface area contributed by atoms with Gasteiger partial charge in [-0.25, -0.2) is 0 Å². The summed E-state index contributed by atoms with van der Waals surface area (Å²) in [5, 5.41) is 5.66. The number of hydrogen-bond donors (Lipinski definition) is 3. The number of alkyl halides is 3. The van der Waals surface area contributed by atoms with Crippen molar-refractivity contribution in [2.24, 2.45) is 5.73 Å². The van der Waals surface area contributed by atoms with E-state index in [1.165, 1.54) is 5.56 Å². The van der Waals surface area contributed by atoms with Crippen LogP contribution in [-0.2, 0) is 11.2 Å². The Bertz CT molecular complexity index is 404. The van der Waals surface area contributed by atoms with E-state index in [1.54, 1.807) is 0 Å². The lowest BCUT2D eigenvalue weighted by atomic mass is 10.1. The van der Waals surface area contributed by atoms with Gasteiger partial charge in [-0.15, -0.1) is 0 Å². The number of carbonyl (C=O) groups is 1. The van der Waals surface area contributed by atoms with Crippen LogP contribution in [0.1, 0.15) is 5.56 Å². The van der Waals surface area contributed by atoms with Crippen LogP contribution in [0, 0.1) is 0 Å². The van der Waals surface area contributed by atoms with E-state index in [2.05, 4.69) is 10.6 Å². The molecule has 0 heterocycles. The van der Waals surface area contributed by atoms with E-state index >= 15 is 0 Å². The van der Waals surface area contributed by atoms with Crippen molar-refractivity contribution < 1.29 is 4.79 Å². The van der Waals surface area contributed by atoms with E-state index in [-0.39, 0.29) is 0 Å². The predicted molar refractivity (Wildman–Crippen MR) is 81.0 cm³/mol. The molecule has 1 rings (SSSR count). The third kappa shape index (κ3) is 6.34. The van der Waals surface area contributed by atoms with Gasteiger partial charge in [-0.1, -0.05) is 46.9 Å². The number of nitrogens with one attached hydrogen (secondary N) is 2. The molecule has 0 unspecified atom stereocenters. The molecule has 0 radical (unpaired) electrons. The summed E-state index contributed by atoms with van der Waals surface area (Å²) in [6.45, 7) is 1.55. The largest absolute Gasteiger partial charge is 0.383 e. The van der Waals surface area contributed by atoms with Gasteiger partial charge in [0.2, 0.25) is 0 Å². The molecule has 0 atom stereocenters. The van der Waals surface area contributed by atoms with Gasteiger partial charge in [0, 0.05) is 18.8 Å². The van der Waals surface area contributed by atoms with Crippen molar-refractivity contribution in [1.82, 2.24) is 5.32 Å². The molecule has 4 N–H and O–H groups in total. The zero-order chi connectivity index (χ0) is 14.3. The lowest BCUT2D eigenvalue weighted by molar-refractivity contribution is -0.120. The maximum atomic E-state index is 11.2. The Morgan fingerprint density at radius 3 is 2.32 bits per heavy atom. The van der Waals surface area contributed by atoms with Gasteiger partial charge >= 0.3 is 0 Å². The van der Waals surface area contributed by atoms with Gasteiger partial charge in [-0.2, -0.15) is 0 Å². The zero-order valence-electron chi connectivity index (χ0n) is 10.3. The van der Waals surface area contributed by atoms with Gasteiger partial charge in [0.05, 0.1) is 0 Å². The average molecular weight is 325 g/mol. The summed E-state index contributed by atoms with van der Waals surface area (Å²) in [7, 11) is 0. The molecule has 0 aliphatic heterocycles. The average Bonchev–Trinajstić information content (AvgIpc) is 2.35. The highest BCUT2D eigenvalue weighted by atomic mass is 35.6. The molecule has 7 heteroatoms. The lowest BCUT2D eigenvalue weighted by Crippen LogP contribution is -2.37. The molecule has 0 aliphatic rings. The standard InChI is InChI=1S/C12H16Cl3N3O/c13-12(14,15)11(19)18-8-7-17-10-3-1-9(2-4-10)5-6-16/h1-4,17H,5-8,16H2,(H,18,19). The second-order valence-electron chi connectivity index (χ2n) is 3.92. The van der Waals surface area contributed by atoms with E-state index in [4.69, 9.17) is 40.5 Å². The van der Waals surface area contributed by atoms with E-state index in [0.29, 0.717) is 19.6 Å². The maximum absolute atomic E-state index is 11.2. The SMILES string of the molecule is NCCc1ccc(NCCNC(=O)C(Cl)(Cl)Cl)cc1. The number of amides is 1. The summed E-state index contributed by atoms with van der Waals surface area (Å²) < 4.78 is -1.91. The first-order valence-corrected chi connectivity index (χ1v) is 6.95. The van der Waals surface area contributed by atoms with Crippen molar-refractivity contribution in [3.63, 3.8) is 0 Å². The molecule has 0 aromatic heterocycles. The van der Waals surface area contributed by atoms with Gasteiger partial charge in [0.15, 0.2) is 0 Å². The van der Waals surface area contributed by atoms with Crippen LogP contribution in [0.4, 0.5) is 5.69 Å². The second-order valence-corrected chi connectivity index (χ2v) is 6.20. The maximum Gasteiger partial charge on any atom is 0.272 e. The number of hydrogen-bond acceptors (Lipinski definition) is 3. The normalized spacial score (nSPS) is 11.2. The first-order valence-electron chi connectivity index (χ1n) is 5.81. The quantitative estimate of drug-likeness (QED) is 0.554. The third-order valence-electron chi connectivity index (χ3n) is 2.38. The van der Waals surface area contributed by atoms with Crippen LogP contribution in [0.15, 0.2) is 24.3 Å². The second kappa shape index (κ2) is 7.80. The molecular formula is C12H16Cl3N3O. The highest BCUT2D eigenvalue weighted by Gasteiger charge is 2.29. The Hall–Kier alpha value is -0.680.